The summed E-state index contributed by atoms with van der Waals surface area (Å²) in [6.07, 6.45) is 1.86. The molecule has 148 valence electrons. The summed E-state index contributed by atoms with van der Waals surface area (Å²) in [6, 6.07) is 27.5. The maximum atomic E-state index is 5.31. The average molecular weight is 384 g/mol. The summed E-state index contributed by atoms with van der Waals surface area (Å²) in [5.74, 6) is 0. The van der Waals surface area contributed by atoms with Crippen molar-refractivity contribution in [3.05, 3.63) is 96.6 Å². The summed E-state index contributed by atoms with van der Waals surface area (Å²) in [5, 5.41) is 8.66. The van der Waals surface area contributed by atoms with Crippen LogP contribution in [0.2, 0.25) is 0 Å². The van der Waals surface area contributed by atoms with Gasteiger partial charge in [0.15, 0.2) is 0 Å². The monoisotopic (exact) mass is 383 g/mol. The van der Waals surface area contributed by atoms with Gasteiger partial charge in [0, 0.05) is 24.2 Å². The molecule has 0 saturated heterocycles. The van der Waals surface area contributed by atoms with E-state index in [4.69, 9.17) is 4.74 Å². The van der Waals surface area contributed by atoms with E-state index < -0.39 is 0 Å². The standard InChI is InChI=1S/C16H15N.C11H14O/c1-2-17-16-9-5-8-14-13-7-4-3-6-12(13)10-11-15(14)16;1-3-10-7-5-6-8-11(10)9-12-4-2/h3-11,17H,2H2,1H3;3,5-8H,1,4,9H2,2H3. The van der Waals surface area contributed by atoms with Gasteiger partial charge in [-0.05, 0) is 47.2 Å². The van der Waals surface area contributed by atoms with Crippen molar-refractivity contribution in [1.29, 1.82) is 0 Å². The summed E-state index contributed by atoms with van der Waals surface area (Å²) < 4.78 is 5.31. The second-order valence-corrected chi connectivity index (χ2v) is 6.76. The summed E-state index contributed by atoms with van der Waals surface area (Å²) in [6.45, 7) is 10.3. The van der Waals surface area contributed by atoms with Crippen molar-refractivity contribution in [1.82, 2.24) is 0 Å². The van der Waals surface area contributed by atoms with Gasteiger partial charge in [0.05, 0.1) is 6.61 Å². The molecule has 4 aromatic rings. The normalized spacial score (nSPS) is 10.4. The molecule has 2 heteroatoms. The van der Waals surface area contributed by atoms with Gasteiger partial charge in [0.25, 0.3) is 0 Å². The molecule has 0 aliphatic carbocycles. The number of ether oxygens (including phenoxy) is 1. The average Bonchev–Trinajstić information content (AvgIpc) is 2.78. The molecule has 0 aromatic heterocycles. The minimum absolute atomic E-state index is 0.679. The molecule has 2 nitrogen and oxygen atoms in total. The highest BCUT2D eigenvalue weighted by Crippen LogP contribution is 2.29. The number of hydrogen-bond acceptors (Lipinski definition) is 2. The predicted octanol–water partition coefficient (Wildman–Crippen LogP) is 7.29. The summed E-state index contributed by atoms with van der Waals surface area (Å²) >= 11 is 0. The highest BCUT2D eigenvalue weighted by Gasteiger charge is 2.03. The Morgan fingerprint density at radius 3 is 2.34 bits per heavy atom. The fraction of sp³-hybridized carbons (Fsp3) is 0.185. The van der Waals surface area contributed by atoms with Crippen molar-refractivity contribution in [3.63, 3.8) is 0 Å². The van der Waals surface area contributed by atoms with Gasteiger partial charge >= 0.3 is 0 Å². The lowest BCUT2D eigenvalue weighted by Gasteiger charge is -2.09. The third-order valence-corrected chi connectivity index (χ3v) is 4.89. The van der Waals surface area contributed by atoms with Crippen molar-refractivity contribution in [2.75, 3.05) is 18.5 Å². The molecule has 0 aliphatic rings. The SMILES string of the molecule is C=Cc1ccccc1COCC.CCNc1cccc2c1ccc1ccccc12. The molecule has 0 spiro atoms. The van der Waals surface area contributed by atoms with Gasteiger partial charge in [-0.3, -0.25) is 0 Å². The first kappa shape index (κ1) is 20.6. The first-order valence-electron chi connectivity index (χ1n) is 10.2. The molecule has 0 saturated carbocycles. The van der Waals surface area contributed by atoms with Crippen LogP contribution in [0.3, 0.4) is 0 Å². The molecule has 0 heterocycles. The molecule has 0 fully saturated rings. The van der Waals surface area contributed by atoms with Gasteiger partial charge < -0.3 is 10.1 Å². The molecule has 0 radical (unpaired) electrons. The minimum Gasteiger partial charge on any atom is -0.385 e. The minimum atomic E-state index is 0.679. The van der Waals surface area contributed by atoms with E-state index in [0.717, 1.165) is 18.7 Å². The first-order valence-corrected chi connectivity index (χ1v) is 10.2. The van der Waals surface area contributed by atoms with Crippen LogP contribution < -0.4 is 5.32 Å². The zero-order valence-electron chi connectivity index (χ0n) is 17.3. The summed E-state index contributed by atoms with van der Waals surface area (Å²) in [4.78, 5) is 0. The Bertz CT molecular complexity index is 1080. The van der Waals surface area contributed by atoms with Crippen molar-refractivity contribution in [2.45, 2.75) is 20.5 Å². The quantitative estimate of drug-likeness (QED) is 0.353. The lowest BCUT2D eigenvalue weighted by Crippen LogP contribution is -1.96. The molecule has 0 aliphatic heterocycles. The molecule has 0 amide bonds. The topological polar surface area (TPSA) is 21.3 Å². The molecular weight excluding hydrogens is 354 g/mol. The van der Waals surface area contributed by atoms with Crippen LogP contribution >= 0.6 is 0 Å². The van der Waals surface area contributed by atoms with Crippen LogP contribution in [0, 0.1) is 0 Å². The molecule has 29 heavy (non-hydrogen) atoms. The number of rotatable bonds is 6. The van der Waals surface area contributed by atoms with Gasteiger partial charge in [-0.25, -0.2) is 0 Å². The van der Waals surface area contributed by atoms with E-state index in [0.29, 0.717) is 6.61 Å². The second-order valence-electron chi connectivity index (χ2n) is 6.76. The smallest absolute Gasteiger partial charge is 0.0722 e. The Morgan fingerprint density at radius 2 is 1.55 bits per heavy atom. The Morgan fingerprint density at radius 1 is 0.793 bits per heavy atom. The van der Waals surface area contributed by atoms with Gasteiger partial charge in [-0.2, -0.15) is 0 Å². The Balaban J connectivity index is 0.000000177. The molecule has 4 aromatic carbocycles. The third kappa shape index (κ3) is 5.04. The highest BCUT2D eigenvalue weighted by molar-refractivity contribution is 6.11. The fourth-order valence-electron chi connectivity index (χ4n) is 3.46. The Labute approximate surface area is 173 Å². The lowest BCUT2D eigenvalue weighted by atomic mass is 10.0. The van der Waals surface area contributed by atoms with Crippen LogP contribution in [-0.2, 0) is 11.3 Å². The maximum Gasteiger partial charge on any atom is 0.0722 e. The molecular formula is C27H29NO. The summed E-state index contributed by atoms with van der Waals surface area (Å²) in [5.41, 5.74) is 3.58. The van der Waals surface area contributed by atoms with Crippen molar-refractivity contribution in [2.24, 2.45) is 0 Å². The van der Waals surface area contributed by atoms with Crippen LogP contribution in [0.15, 0.2) is 85.4 Å². The van der Waals surface area contributed by atoms with E-state index in [1.54, 1.807) is 0 Å². The van der Waals surface area contributed by atoms with Crippen LogP contribution in [0.25, 0.3) is 27.6 Å². The second kappa shape index (κ2) is 10.4. The number of anilines is 1. The zero-order valence-corrected chi connectivity index (χ0v) is 17.3. The van der Waals surface area contributed by atoms with Crippen LogP contribution in [0.5, 0.6) is 0 Å². The first-order chi connectivity index (χ1) is 14.3. The Kier molecular flexibility index (Phi) is 7.43. The number of fused-ring (bicyclic) bond motifs is 3. The molecule has 0 unspecified atom stereocenters. The van der Waals surface area contributed by atoms with Crippen molar-refractivity contribution >= 4 is 33.3 Å². The molecule has 1 N–H and O–H groups in total. The molecule has 4 rings (SSSR count). The Hall–Kier alpha value is -3.10. The number of hydrogen-bond donors (Lipinski definition) is 1. The van der Waals surface area contributed by atoms with Gasteiger partial charge in [0.1, 0.15) is 0 Å². The molecule has 0 atom stereocenters. The number of benzene rings is 4. The van der Waals surface area contributed by atoms with Gasteiger partial charge in [-0.1, -0.05) is 85.5 Å². The van der Waals surface area contributed by atoms with Crippen LogP contribution in [0.1, 0.15) is 25.0 Å². The third-order valence-electron chi connectivity index (χ3n) is 4.89. The van der Waals surface area contributed by atoms with Crippen LogP contribution in [-0.4, -0.2) is 13.2 Å². The van der Waals surface area contributed by atoms with E-state index in [1.165, 1.54) is 32.8 Å². The van der Waals surface area contributed by atoms with E-state index in [9.17, 15) is 0 Å². The van der Waals surface area contributed by atoms with Gasteiger partial charge in [0.2, 0.25) is 0 Å². The van der Waals surface area contributed by atoms with E-state index in [-0.39, 0.29) is 0 Å². The fourth-order valence-corrected chi connectivity index (χ4v) is 3.46. The van der Waals surface area contributed by atoms with E-state index >= 15 is 0 Å². The zero-order chi connectivity index (χ0) is 20.5. The predicted molar refractivity (Wildman–Crippen MR) is 127 cm³/mol. The van der Waals surface area contributed by atoms with Crippen molar-refractivity contribution < 1.29 is 4.74 Å². The molecule has 0 bridgehead atoms. The van der Waals surface area contributed by atoms with Crippen molar-refractivity contribution in [3.8, 4) is 0 Å². The van der Waals surface area contributed by atoms with E-state index in [1.807, 2.05) is 31.2 Å². The number of nitrogens with one attached hydrogen (secondary N) is 1. The highest BCUT2D eigenvalue weighted by atomic mass is 16.5. The summed E-state index contributed by atoms with van der Waals surface area (Å²) in [7, 11) is 0. The lowest BCUT2D eigenvalue weighted by molar-refractivity contribution is 0.134. The van der Waals surface area contributed by atoms with Crippen LogP contribution in [0.4, 0.5) is 5.69 Å². The van der Waals surface area contributed by atoms with Gasteiger partial charge in [-0.15, -0.1) is 0 Å². The maximum absolute atomic E-state index is 5.31. The largest absolute Gasteiger partial charge is 0.385 e. The van der Waals surface area contributed by atoms with E-state index in [2.05, 4.69) is 79.5 Å².